The van der Waals surface area contributed by atoms with Crippen LogP contribution < -0.4 is 14.7 Å². The lowest BCUT2D eigenvalue weighted by Gasteiger charge is -2.41. The number of anilines is 3. The van der Waals surface area contributed by atoms with Crippen LogP contribution in [0.15, 0.2) is 30.6 Å². The molecule has 1 aromatic heterocycles. The van der Waals surface area contributed by atoms with Crippen molar-refractivity contribution in [1.82, 2.24) is 14.9 Å². The molecule has 0 atom stereocenters. The number of aromatic nitrogens is 2. The van der Waals surface area contributed by atoms with Gasteiger partial charge in [0.05, 0.1) is 18.7 Å². The predicted octanol–water partition coefficient (Wildman–Crippen LogP) is 3.22. The van der Waals surface area contributed by atoms with E-state index >= 15 is 0 Å². The van der Waals surface area contributed by atoms with Gasteiger partial charge in [-0.05, 0) is 63.4 Å². The van der Waals surface area contributed by atoms with Crippen molar-refractivity contribution in [2.75, 3.05) is 54.5 Å². The highest BCUT2D eigenvalue weighted by atomic mass is 16.2. The van der Waals surface area contributed by atoms with Crippen LogP contribution in [0.1, 0.15) is 43.2 Å². The van der Waals surface area contributed by atoms with Gasteiger partial charge < -0.3 is 19.6 Å². The number of nitrogens with zero attached hydrogens (tertiary/aromatic N) is 6. The monoisotopic (exact) mass is 434 g/mol. The minimum absolute atomic E-state index is 0.0888. The molecular formula is C25H34N6O. The molecule has 3 aliphatic rings. The van der Waals surface area contributed by atoms with E-state index in [4.69, 9.17) is 4.98 Å². The lowest BCUT2D eigenvalue weighted by Crippen LogP contribution is -2.47. The fourth-order valence-corrected chi connectivity index (χ4v) is 5.50. The Morgan fingerprint density at radius 2 is 1.69 bits per heavy atom. The summed E-state index contributed by atoms with van der Waals surface area (Å²) in [4.78, 5) is 31.4. The zero-order valence-electron chi connectivity index (χ0n) is 19.3. The molecule has 0 spiro atoms. The second kappa shape index (κ2) is 9.06. The van der Waals surface area contributed by atoms with Crippen LogP contribution in [0, 0.1) is 6.92 Å². The van der Waals surface area contributed by atoms with Crippen molar-refractivity contribution in [3.63, 3.8) is 0 Å². The summed E-state index contributed by atoms with van der Waals surface area (Å²) in [6.45, 7) is 7.41. The van der Waals surface area contributed by atoms with Crippen LogP contribution in [0.5, 0.6) is 0 Å². The Morgan fingerprint density at radius 3 is 2.44 bits per heavy atom. The third kappa shape index (κ3) is 4.18. The van der Waals surface area contributed by atoms with E-state index < -0.39 is 0 Å². The Balaban J connectivity index is 1.40. The molecule has 32 heavy (non-hydrogen) atoms. The molecule has 2 fully saturated rings. The molecule has 0 saturated carbocycles. The van der Waals surface area contributed by atoms with Gasteiger partial charge in [0.2, 0.25) is 5.91 Å². The zero-order chi connectivity index (χ0) is 22.1. The molecule has 2 aromatic rings. The van der Waals surface area contributed by atoms with Crippen molar-refractivity contribution in [3.05, 3.63) is 41.7 Å². The second-order valence-corrected chi connectivity index (χ2v) is 9.49. The largest absolute Gasteiger partial charge is 0.356 e. The molecule has 7 heteroatoms. The van der Waals surface area contributed by atoms with Crippen molar-refractivity contribution in [1.29, 1.82) is 0 Å². The molecular weight excluding hydrogens is 400 g/mol. The summed E-state index contributed by atoms with van der Waals surface area (Å²) in [5.74, 6) is 1.95. The van der Waals surface area contributed by atoms with Crippen LogP contribution >= 0.6 is 0 Å². The molecule has 0 aliphatic carbocycles. The first kappa shape index (κ1) is 21.2. The lowest BCUT2D eigenvalue weighted by molar-refractivity contribution is -0.117. The topological polar surface area (TPSA) is 55.8 Å². The maximum atomic E-state index is 13.1. The average molecular weight is 435 g/mol. The number of carbonyl (C=O) groups is 1. The first-order valence-electron chi connectivity index (χ1n) is 12.0. The highest BCUT2D eigenvalue weighted by molar-refractivity contribution is 5.98. The number of likely N-dealkylation sites (tertiary alicyclic amines) is 1. The molecule has 170 valence electrons. The molecule has 0 bridgehead atoms. The van der Waals surface area contributed by atoms with E-state index in [9.17, 15) is 4.79 Å². The summed E-state index contributed by atoms with van der Waals surface area (Å²) >= 11 is 0. The van der Waals surface area contributed by atoms with Crippen molar-refractivity contribution in [2.24, 2.45) is 0 Å². The minimum Gasteiger partial charge on any atom is -0.356 e. The molecule has 1 amide bonds. The van der Waals surface area contributed by atoms with Crippen LogP contribution in [0.4, 0.5) is 17.3 Å². The van der Waals surface area contributed by atoms with Crippen molar-refractivity contribution in [2.45, 2.75) is 51.6 Å². The maximum Gasteiger partial charge on any atom is 0.246 e. The molecule has 0 N–H and O–H groups in total. The highest BCUT2D eigenvalue weighted by Crippen LogP contribution is 2.33. The van der Waals surface area contributed by atoms with Crippen LogP contribution in [0.3, 0.4) is 0 Å². The number of hydrogen-bond acceptors (Lipinski definition) is 6. The van der Waals surface area contributed by atoms with Gasteiger partial charge in [-0.25, -0.2) is 9.97 Å². The molecule has 0 radical (unpaired) electrons. The smallest absolute Gasteiger partial charge is 0.246 e. The van der Waals surface area contributed by atoms with Gasteiger partial charge in [0, 0.05) is 31.9 Å². The maximum absolute atomic E-state index is 13.1. The van der Waals surface area contributed by atoms with Gasteiger partial charge in [-0.2, -0.15) is 0 Å². The first-order chi connectivity index (χ1) is 15.6. The van der Waals surface area contributed by atoms with Gasteiger partial charge in [-0.3, -0.25) is 4.79 Å². The number of piperidine rings is 2. The summed E-state index contributed by atoms with van der Waals surface area (Å²) in [6, 6.07) is 8.87. The molecule has 4 heterocycles. The Bertz CT molecular complexity index is 965. The van der Waals surface area contributed by atoms with Gasteiger partial charge in [0.1, 0.15) is 18.0 Å². The normalized spacial score (nSPS) is 20.9. The number of likely N-dealkylation sites (N-methyl/N-ethyl adjacent to an activating group) is 1. The number of aryl methyl sites for hydroxylation is 1. The van der Waals surface area contributed by atoms with Crippen LogP contribution in [0.25, 0.3) is 0 Å². The fourth-order valence-electron chi connectivity index (χ4n) is 5.50. The number of benzene rings is 1. The minimum atomic E-state index is 0.0888. The van der Waals surface area contributed by atoms with Crippen LogP contribution in [-0.2, 0) is 11.3 Å². The number of rotatable bonds is 3. The van der Waals surface area contributed by atoms with Crippen LogP contribution in [-0.4, -0.2) is 66.6 Å². The summed E-state index contributed by atoms with van der Waals surface area (Å²) in [7, 11) is 1.95. The van der Waals surface area contributed by atoms with Gasteiger partial charge >= 0.3 is 0 Å². The molecule has 0 unspecified atom stereocenters. The number of fused-ring (bicyclic) bond motifs is 1. The number of amides is 1. The quantitative estimate of drug-likeness (QED) is 0.739. The number of carbonyl (C=O) groups excluding carboxylic acids is 1. The Morgan fingerprint density at radius 1 is 0.938 bits per heavy atom. The van der Waals surface area contributed by atoms with Gasteiger partial charge in [-0.1, -0.05) is 18.6 Å². The third-order valence-electron chi connectivity index (χ3n) is 7.24. The number of hydrogen-bond donors (Lipinski definition) is 0. The SMILES string of the molecule is Cc1cccc(N2Cc3c(ncnc3N3CCC(N4CCCCC4)CC3)N(C)CC2=O)c1. The van der Waals surface area contributed by atoms with E-state index in [1.165, 1.54) is 45.2 Å². The molecule has 3 aliphatic heterocycles. The van der Waals surface area contributed by atoms with Crippen molar-refractivity contribution < 1.29 is 4.79 Å². The summed E-state index contributed by atoms with van der Waals surface area (Å²) < 4.78 is 0. The third-order valence-corrected chi connectivity index (χ3v) is 7.24. The standard InChI is InChI=1S/C25H34N6O/c1-19-7-6-8-21(15-19)31-16-22-24(28(2)17-23(31)32)26-18-27-25(22)30-13-9-20(10-14-30)29-11-4-3-5-12-29/h6-8,15,18,20H,3-5,9-14,16-17H2,1-2H3. The Labute approximate surface area is 191 Å². The van der Waals surface area contributed by atoms with Crippen LogP contribution in [0.2, 0.25) is 0 Å². The molecule has 5 rings (SSSR count). The van der Waals surface area contributed by atoms with E-state index in [-0.39, 0.29) is 5.91 Å². The first-order valence-corrected chi connectivity index (χ1v) is 12.0. The Hall–Kier alpha value is -2.67. The second-order valence-electron chi connectivity index (χ2n) is 9.49. The van der Waals surface area contributed by atoms with Crippen molar-refractivity contribution in [3.8, 4) is 0 Å². The van der Waals surface area contributed by atoms with E-state index in [1.54, 1.807) is 6.33 Å². The highest BCUT2D eigenvalue weighted by Gasteiger charge is 2.32. The molecule has 2 saturated heterocycles. The van der Waals surface area contributed by atoms with Gasteiger partial charge in [0.15, 0.2) is 0 Å². The van der Waals surface area contributed by atoms with Gasteiger partial charge in [0.25, 0.3) is 0 Å². The van der Waals surface area contributed by atoms with E-state index in [1.807, 2.05) is 29.0 Å². The average Bonchev–Trinajstić information content (AvgIpc) is 2.95. The van der Waals surface area contributed by atoms with E-state index in [0.29, 0.717) is 19.1 Å². The summed E-state index contributed by atoms with van der Waals surface area (Å²) in [5.41, 5.74) is 3.14. The van der Waals surface area contributed by atoms with E-state index in [2.05, 4.69) is 33.8 Å². The summed E-state index contributed by atoms with van der Waals surface area (Å²) in [5, 5.41) is 0. The van der Waals surface area contributed by atoms with E-state index in [0.717, 1.165) is 41.5 Å². The summed E-state index contributed by atoms with van der Waals surface area (Å²) in [6.07, 6.45) is 8.08. The lowest BCUT2D eigenvalue weighted by atomic mass is 9.99. The molecule has 1 aromatic carbocycles. The zero-order valence-corrected chi connectivity index (χ0v) is 19.3. The Kier molecular flexibility index (Phi) is 6.00. The van der Waals surface area contributed by atoms with Gasteiger partial charge in [-0.15, -0.1) is 0 Å². The predicted molar refractivity (Wildman–Crippen MR) is 128 cm³/mol. The molecule has 7 nitrogen and oxygen atoms in total. The fraction of sp³-hybridized carbons (Fsp3) is 0.560. The van der Waals surface area contributed by atoms with Crippen molar-refractivity contribution >= 4 is 23.2 Å².